The van der Waals surface area contributed by atoms with Crippen LogP contribution in [0, 0.1) is 11.8 Å². The zero-order chi connectivity index (χ0) is 10.7. The molecule has 0 aromatic heterocycles. The molecule has 1 rings (SSSR count). The van der Waals surface area contributed by atoms with E-state index in [1.165, 1.54) is 0 Å². The Labute approximate surface area is 85.4 Å². The molecule has 2 unspecified atom stereocenters. The Morgan fingerprint density at radius 1 is 1.21 bits per heavy atom. The van der Waals surface area contributed by atoms with Crippen molar-refractivity contribution in [2.45, 2.75) is 39.8 Å². The quantitative estimate of drug-likeness (QED) is 0.687. The van der Waals surface area contributed by atoms with E-state index in [9.17, 15) is 4.39 Å². The normalized spacial score (nSPS) is 26.9. The predicted octanol–water partition coefficient (Wildman–Crippen LogP) is 2.69. The molecule has 0 spiro atoms. The molecule has 3 nitrogen and oxygen atoms in total. The SMILES string of the molecule is CC(C)C1N=NN(CCF)C1C(C)C. The van der Waals surface area contributed by atoms with Crippen LogP contribution in [0.1, 0.15) is 27.7 Å². The first-order valence-electron chi connectivity index (χ1n) is 5.31. The van der Waals surface area contributed by atoms with Crippen molar-refractivity contribution < 1.29 is 4.39 Å². The Morgan fingerprint density at radius 2 is 1.86 bits per heavy atom. The fraction of sp³-hybridized carbons (Fsp3) is 1.00. The number of hydrogen-bond acceptors (Lipinski definition) is 3. The molecule has 0 aromatic carbocycles. The van der Waals surface area contributed by atoms with Crippen LogP contribution in [0.3, 0.4) is 0 Å². The van der Waals surface area contributed by atoms with E-state index in [0.717, 1.165) is 0 Å². The third-order valence-electron chi connectivity index (χ3n) is 2.67. The Morgan fingerprint density at radius 3 is 2.29 bits per heavy atom. The summed E-state index contributed by atoms with van der Waals surface area (Å²) in [5.74, 6) is 0.930. The van der Waals surface area contributed by atoms with Crippen LogP contribution in [0.25, 0.3) is 0 Å². The highest BCUT2D eigenvalue weighted by molar-refractivity contribution is 4.90. The number of hydrogen-bond donors (Lipinski definition) is 0. The molecule has 4 heteroatoms. The summed E-state index contributed by atoms with van der Waals surface area (Å²) >= 11 is 0. The Hall–Kier alpha value is -0.670. The minimum Gasteiger partial charge on any atom is -0.271 e. The van der Waals surface area contributed by atoms with Gasteiger partial charge >= 0.3 is 0 Å². The molecule has 0 aromatic rings. The fourth-order valence-electron chi connectivity index (χ4n) is 1.98. The zero-order valence-electron chi connectivity index (χ0n) is 9.44. The number of rotatable bonds is 4. The molecule has 0 amide bonds. The summed E-state index contributed by atoms with van der Waals surface area (Å²) < 4.78 is 12.3. The number of alkyl halides is 1. The van der Waals surface area contributed by atoms with Gasteiger partial charge in [-0.15, -0.1) is 0 Å². The highest BCUT2D eigenvalue weighted by atomic mass is 19.1. The average Bonchev–Trinajstić information content (AvgIpc) is 2.48. The molecule has 0 saturated carbocycles. The van der Waals surface area contributed by atoms with E-state index >= 15 is 0 Å². The minimum absolute atomic E-state index is 0.224. The summed E-state index contributed by atoms with van der Waals surface area (Å²) in [6, 6.07) is 0.493. The standard InChI is InChI=1S/C10H20FN3/c1-7(2)9-10(8(3)4)14(6-5-11)13-12-9/h7-10H,5-6H2,1-4H3. The van der Waals surface area contributed by atoms with Crippen LogP contribution in [-0.4, -0.2) is 30.3 Å². The second kappa shape index (κ2) is 4.71. The van der Waals surface area contributed by atoms with Crippen LogP contribution in [0.4, 0.5) is 4.39 Å². The van der Waals surface area contributed by atoms with E-state index in [1.807, 2.05) is 0 Å². The highest BCUT2D eigenvalue weighted by Gasteiger charge is 2.36. The van der Waals surface area contributed by atoms with Crippen molar-refractivity contribution in [2.24, 2.45) is 22.2 Å². The summed E-state index contributed by atoms with van der Waals surface area (Å²) in [5.41, 5.74) is 0. The Balaban J connectivity index is 2.69. The van der Waals surface area contributed by atoms with E-state index in [1.54, 1.807) is 5.01 Å². The van der Waals surface area contributed by atoms with Crippen molar-refractivity contribution in [2.75, 3.05) is 13.2 Å². The molecule has 0 aliphatic carbocycles. The molecule has 0 radical (unpaired) electrons. The van der Waals surface area contributed by atoms with Crippen molar-refractivity contribution in [3.8, 4) is 0 Å². The van der Waals surface area contributed by atoms with Crippen LogP contribution in [-0.2, 0) is 0 Å². The maximum Gasteiger partial charge on any atom is 0.109 e. The molecular formula is C10H20FN3. The van der Waals surface area contributed by atoms with Gasteiger partial charge in [-0.1, -0.05) is 32.9 Å². The summed E-state index contributed by atoms with van der Waals surface area (Å²) in [6.07, 6.45) is 0. The molecule has 1 aliphatic rings. The Kier molecular flexibility index (Phi) is 3.84. The molecule has 0 saturated heterocycles. The number of nitrogens with zero attached hydrogens (tertiary/aromatic N) is 3. The maximum absolute atomic E-state index is 12.3. The maximum atomic E-state index is 12.3. The second-order valence-corrected chi connectivity index (χ2v) is 4.53. The van der Waals surface area contributed by atoms with Gasteiger partial charge in [0.1, 0.15) is 6.67 Å². The Bertz CT molecular complexity index is 204. The largest absolute Gasteiger partial charge is 0.271 e. The molecule has 82 valence electrons. The predicted molar refractivity (Wildman–Crippen MR) is 54.8 cm³/mol. The van der Waals surface area contributed by atoms with Gasteiger partial charge in [0.05, 0.1) is 18.6 Å². The van der Waals surface area contributed by atoms with Crippen LogP contribution < -0.4 is 0 Å². The average molecular weight is 201 g/mol. The first-order chi connectivity index (χ1) is 6.57. The van der Waals surface area contributed by atoms with Gasteiger partial charge in [0.2, 0.25) is 0 Å². The number of halogens is 1. The van der Waals surface area contributed by atoms with E-state index in [-0.39, 0.29) is 18.8 Å². The van der Waals surface area contributed by atoms with Crippen molar-refractivity contribution in [3.63, 3.8) is 0 Å². The molecule has 1 aliphatic heterocycles. The lowest BCUT2D eigenvalue weighted by Gasteiger charge is -2.29. The first-order valence-corrected chi connectivity index (χ1v) is 5.31. The monoisotopic (exact) mass is 201 g/mol. The zero-order valence-corrected chi connectivity index (χ0v) is 9.44. The molecule has 0 bridgehead atoms. The van der Waals surface area contributed by atoms with Gasteiger partial charge in [0, 0.05) is 0 Å². The van der Waals surface area contributed by atoms with E-state index in [4.69, 9.17) is 0 Å². The van der Waals surface area contributed by atoms with Crippen LogP contribution in [0.5, 0.6) is 0 Å². The fourth-order valence-corrected chi connectivity index (χ4v) is 1.98. The lowest BCUT2D eigenvalue weighted by Crippen LogP contribution is -2.42. The minimum atomic E-state index is -0.354. The van der Waals surface area contributed by atoms with Crippen molar-refractivity contribution in [1.29, 1.82) is 0 Å². The molecule has 1 heterocycles. The molecule has 0 fully saturated rings. The van der Waals surface area contributed by atoms with Crippen molar-refractivity contribution >= 4 is 0 Å². The van der Waals surface area contributed by atoms with E-state index in [2.05, 4.69) is 38.0 Å². The smallest absolute Gasteiger partial charge is 0.109 e. The summed E-state index contributed by atoms with van der Waals surface area (Å²) in [7, 11) is 0. The van der Waals surface area contributed by atoms with Gasteiger partial charge in [-0.2, -0.15) is 5.11 Å². The van der Waals surface area contributed by atoms with Crippen LogP contribution in [0.15, 0.2) is 10.3 Å². The van der Waals surface area contributed by atoms with Gasteiger partial charge < -0.3 is 0 Å². The van der Waals surface area contributed by atoms with Crippen molar-refractivity contribution in [3.05, 3.63) is 0 Å². The third kappa shape index (κ3) is 2.22. The van der Waals surface area contributed by atoms with Crippen LogP contribution in [0.2, 0.25) is 0 Å². The van der Waals surface area contributed by atoms with Gasteiger partial charge in [0.25, 0.3) is 0 Å². The summed E-state index contributed by atoms with van der Waals surface area (Å²) in [4.78, 5) is 0. The van der Waals surface area contributed by atoms with Gasteiger partial charge in [-0.25, -0.2) is 4.39 Å². The molecule has 2 atom stereocenters. The van der Waals surface area contributed by atoms with Gasteiger partial charge in [-0.3, -0.25) is 5.01 Å². The molecule has 0 N–H and O–H groups in total. The first kappa shape index (κ1) is 11.4. The van der Waals surface area contributed by atoms with E-state index in [0.29, 0.717) is 18.4 Å². The molecular weight excluding hydrogens is 181 g/mol. The van der Waals surface area contributed by atoms with Crippen LogP contribution >= 0.6 is 0 Å². The topological polar surface area (TPSA) is 28.0 Å². The van der Waals surface area contributed by atoms with Gasteiger partial charge in [0.15, 0.2) is 0 Å². The summed E-state index contributed by atoms with van der Waals surface area (Å²) in [6.45, 7) is 8.57. The lowest BCUT2D eigenvalue weighted by molar-refractivity contribution is 0.150. The lowest BCUT2D eigenvalue weighted by atomic mass is 9.89. The summed E-state index contributed by atoms with van der Waals surface area (Å²) in [5, 5.41) is 10.1. The third-order valence-corrected chi connectivity index (χ3v) is 2.67. The second-order valence-electron chi connectivity index (χ2n) is 4.53. The van der Waals surface area contributed by atoms with Crippen molar-refractivity contribution in [1.82, 2.24) is 5.01 Å². The highest BCUT2D eigenvalue weighted by Crippen LogP contribution is 2.28. The van der Waals surface area contributed by atoms with Gasteiger partial charge in [-0.05, 0) is 11.8 Å². The molecule has 14 heavy (non-hydrogen) atoms. The van der Waals surface area contributed by atoms with E-state index < -0.39 is 0 Å².